The van der Waals surface area contributed by atoms with Crippen molar-refractivity contribution in [2.75, 3.05) is 5.32 Å². The van der Waals surface area contributed by atoms with Crippen molar-refractivity contribution >= 4 is 17.0 Å². The van der Waals surface area contributed by atoms with Gasteiger partial charge in [-0.1, -0.05) is 30.3 Å². The molecule has 0 amide bonds. The van der Waals surface area contributed by atoms with Gasteiger partial charge in [-0.15, -0.1) is 11.3 Å². The summed E-state index contributed by atoms with van der Waals surface area (Å²) < 4.78 is 0. The molecule has 0 fully saturated rings. The number of aromatic nitrogens is 1. The summed E-state index contributed by atoms with van der Waals surface area (Å²) in [6, 6.07) is 16.7. The lowest BCUT2D eigenvalue weighted by atomic mass is 10.1. The minimum Gasteiger partial charge on any atom is -0.379 e. The standard InChI is InChI=1S/C16H14N2S/c1-2-5-13(6-3-1)14-9-16(19-12-14)11-18-15-7-4-8-17-10-15/h1-10,12,18H,11H2. The first-order chi connectivity index (χ1) is 9.42. The van der Waals surface area contributed by atoms with Crippen molar-refractivity contribution in [2.45, 2.75) is 6.54 Å². The second-order valence-electron chi connectivity index (χ2n) is 4.26. The van der Waals surface area contributed by atoms with Crippen molar-refractivity contribution in [1.29, 1.82) is 0 Å². The summed E-state index contributed by atoms with van der Waals surface area (Å²) in [7, 11) is 0. The van der Waals surface area contributed by atoms with Gasteiger partial charge >= 0.3 is 0 Å². The molecular weight excluding hydrogens is 252 g/mol. The van der Waals surface area contributed by atoms with Crippen molar-refractivity contribution in [2.24, 2.45) is 0 Å². The van der Waals surface area contributed by atoms with Crippen LogP contribution in [0.1, 0.15) is 4.88 Å². The van der Waals surface area contributed by atoms with E-state index in [1.807, 2.05) is 24.4 Å². The lowest BCUT2D eigenvalue weighted by molar-refractivity contribution is 1.17. The van der Waals surface area contributed by atoms with E-state index in [1.165, 1.54) is 16.0 Å². The van der Waals surface area contributed by atoms with Crippen LogP contribution in [0.5, 0.6) is 0 Å². The van der Waals surface area contributed by atoms with Gasteiger partial charge in [0.25, 0.3) is 0 Å². The molecule has 3 rings (SSSR count). The topological polar surface area (TPSA) is 24.9 Å². The fourth-order valence-electron chi connectivity index (χ4n) is 1.91. The Bertz CT molecular complexity index is 632. The summed E-state index contributed by atoms with van der Waals surface area (Å²) in [4.78, 5) is 5.41. The summed E-state index contributed by atoms with van der Waals surface area (Å²) in [6.07, 6.45) is 3.62. The van der Waals surface area contributed by atoms with Crippen LogP contribution < -0.4 is 5.32 Å². The fourth-order valence-corrected chi connectivity index (χ4v) is 2.74. The number of hydrogen-bond donors (Lipinski definition) is 1. The maximum absolute atomic E-state index is 4.09. The van der Waals surface area contributed by atoms with Crippen LogP contribution in [0.25, 0.3) is 11.1 Å². The van der Waals surface area contributed by atoms with Crippen molar-refractivity contribution in [3.63, 3.8) is 0 Å². The first kappa shape index (κ1) is 11.9. The Labute approximate surface area is 116 Å². The van der Waals surface area contributed by atoms with E-state index in [2.05, 4.69) is 46.0 Å². The van der Waals surface area contributed by atoms with Crippen molar-refractivity contribution < 1.29 is 0 Å². The normalized spacial score (nSPS) is 10.3. The van der Waals surface area contributed by atoms with E-state index in [4.69, 9.17) is 0 Å². The number of hydrogen-bond acceptors (Lipinski definition) is 3. The number of pyridine rings is 1. The Morgan fingerprint density at radius 3 is 2.68 bits per heavy atom. The molecule has 2 heterocycles. The summed E-state index contributed by atoms with van der Waals surface area (Å²) in [5.74, 6) is 0. The van der Waals surface area contributed by atoms with Crippen molar-refractivity contribution in [3.05, 3.63) is 71.2 Å². The lowest BCUT2D eigenvalue weighted by Gasteiger charge is -2.02. The minimum atomic E-state index is 0.837. The molecule has 19 heavy (non-hydrogen) atoms. The molecule has 0 aliphatic rings. The van der Waals surface area contributed by atoms with E-state index in [1.54, 1.807) is 17.5 Å². The SMILES string of the molecule is c1ccc(-c2csc(CNc3cccnc3)c2)cc1. The molecule has 3 aromatic rings. The van der Waals surface area contributed by atoms with Crippen LogP contribution in [0.2, 0.25) is 0 Å². The summed E-state index contributed by atoms with van der Waals surface area (Å²) >= 11 is 1.78. The first-order valence-electron chi connectivity index (χ1n) is 6.18. The average molecular weight is 266 g/mol. The van der Waals surface area contributed by atoms with Gasteiger partial charge in [-0.2, -0.15) is 0 Å². The number of nitrogens with one attached hydrogen (secondary N) is 1. The molecule has 1 N–H and O–H groups in total. The summed E-state index contributed by atoms with van der Waals surface area (Å²) in [5.41, 5.74) is 3.61. The number of anilines is 1. The Morgan fingerprint density at radius 2 is 1.89 bits per heavy atom. The van der Waals surface area contributed by atoms with Crippen LogP contribution in [-0.2, 0) is 6.54 Å². The molecule has 0 aliphatic heterocycles. The van der Waals surface area contributed by atoms with Gasteiger partial charge in [-0.3, -0.25) is 4.98 Å². The van der Waals surface area contributed by atoms with Crippen LogP contribution in [0.4, 0.5) is 5.69 Å². The zero-order valence-electron chi connectivity index (χ0n) is 10.4. The molecule has 94 valence electrons. The molecule has 2 nitrogen and oxygen atoms in total. The summed E-state index contributed by atoms with van der Waals surface area (Å²) in [6.45, 7) is 0.837. The molecule has 0 unspecified atom stereocenters. The molecule has 0 bridgehead atoms. The smallest absolute Gasteiger partial charge is 0.0529 e. The Morgan fingerprint density at radius 1 is 1.00 bits per heavy atom. The van der Waals surface area contributed by atoms with E-state index in [0.717, 1.165) is 12.2 Å². The molecule has 2 aromatic heterocycles. The molecule has 3 heteroatoms. The Hall–Kier alpha value is -2.13. The van der Waals surface area contributed by atoms with E-state index in [9.17, 15) is 0 Å². The number of benzene rings is 1. The number of rotatable bonds is 4. The molecule has 0 aliphatic carbocycles. The number of nitrogens with zero attached hydrogens (tertiary/aromatic N) is 1. The summed E-state index contributed by atoms with van der Waals surface area (Å²) in [5, 5.41) is 5.58. The zero-order valence-corrected chi connectivity index (χ0v) is 11.2. The molecule has 0 radical (unpaired) electrons. The van der Waals surface area contributed by atoms with Gasteiger partial charge < -0.3 is 5.32 Å². The van der Waals surface area contributed by atoms with Crippen LogP contribution in [0.3, 0.4) is 0 Å². The van der Waals surface area contributed by atoms with Crippen LogP contribution in [0, 0.1) is 0 Å². The molecule has 0 saturated heterocycles. The average Bonchev–Trinajstić information content (AvgIpc) is 2.96. The van der Waals surface area contributed by atoms with Gasteiger partial charge in [0.1, 0.15) is 0 Å². The molecule has 0 spiro atoms. The van der Waals surface area contributed by atoms with Gasteiger partial charge in [0.15, 0.2) is 0 Å². The minimum absolute atomic E-state index is 0.837. The van der Waals surface area contributed by atoms with Crippen molar-refractivity contribution in [1.82, 2.24) is 4.98 Å². The van der Waals surface area contributed by atoms with Crippen LogP contribution in [0.15, 0.2) is 66.3 Å². The number of thiophene rings is 1. The molecule has 1 aromatic carbocycles. The van der Waals surface area contributed by atoms with Crippen LogP contribution in [-0.4, -0.2) is 4.98 Å². The largest absolute Gasteiger partial charge is 0.379 e. The van der Waals surface area contributed by atoms with Gasteiger partial charge in [0.05, 0.1) is 5.69 Å². The maximum atomic E-state index is 4.09. The first-order valence-corrected chi connectivity index (χ1v) is 7.06. The van der Waals surface area contributed by atoms with Crippen LogP contribution >= 0.6 is 11.3 Å². The lowest BCUT2D eigenvalue weighted by Crippen LogP contribution is -1.97. The highest BCUT2D eigenvalue weighted by atomic mass is 32.1. The van der Waals surface area contributed by atoms with Crippen molar-refractivity contribution in [3.8, 4) is 11.1 Å². The maximum Gasteiger partial charge on any atom is 0.0529 e. The Balaban J connectivity index is 1.69. The zero-order chi connectivity index (χ0) is 12.9. The molecule has 0 atom stereocenters. The van der Waals surface area contributed by atoms with E-state index < -0.39 is 0 Å². The Kier molecular flexibility index (Phi) is 3.56. The predicted octanol–water partition coefficient (Wildman–Crippen LogP) is 4.42. The third-order valence-corrected chi connectivity index (χ3v) is 3.83. The highest BCUT2D eigenvalue weighted by molar-refractivity contribution is 7.10. The highest BCUT2D eigenvalue weighted by Gasteiger charge is 2.02. The fraction of sp³-hybridized carbons (Fsp3) is 0.0625. The van der Waals surface area contributed by atoms with E-state index in [0.29, 0.717) is 0 Å². The van der Waals surface area contributed by atoms with E-state index in [-0.39, 0.29) is 0 Å². The predicted molar refractivity (Wildman–Crippen MR) is 81.3 cm³/mol. The second-order valence-corrected chi connectivity index (χ2v) is 5.26. The molecular formula is C16H14N2S. The third kappa shape index (κ3) is 3.01. The quantitative estimate of drug-likeness (QED) is 0.756. The van der Waals surface area contributed by atoms with Gasteiger partial charge in [0.2, 0.25) is 0 Å². The van der Waals surface area contributed by atoms with Gasteiger partial charge in [0, 0.05) is 23.8 Å². The monoisotopic (exact) mass is 266 g/mol. The van der Waals surface area contributed by atoms with Gasteiger partial charge in [-0.25, -0.2) is 0 Å². The highest BCUT2D eigenvalue weighted by Crippen LogP contribution is 2.25. The van der Waals surface area contributed by atoms with E-state index >= 15 is 0 Å². The third-order valence-electron chi connectivity index (χ3n) is 2.89. The van der Waals surface area contributed by atoms with Gasteiger partial charge in [-0.05, 0) is 34.7 Å². The second kappa shape index (κ2) is 5.67. The molecule has 0 saturated carbocycles.